The summed E-state index contributed by atoms with van der Waals surface area (Å²) in [6, 6.07) is 6.19. The van der Waals surface area contributed by atoms with Crippen molar-refractivity contribution in [1.82, 2.24) is 14.3 Å². The number of aromatic nitrogens is 2. The summed E-state index contributed by atoms with van der Waals surface area (Å²) >= 11 is 3.63. The normalized spacial score (nSPS) is 17.0. The van der Waals surface area contributed by atoms with Crippen LogP contribution in [0.2, 0.25) is 0 Å². The van der Waals surface area contributed by atoms with Crippen LogP contribution in [-0.2, 0) is 5.33 Å². The molecule has 2 aromatic rings. The summed E-state index contributed by atoms with van der Waals surface area (Å²) in [7, 11) is 4.33. The smallest absolute Gasteiger partial charge is 0.152 e. The van der Waals surface area contributed by atoms with Crippen LogP contribution in [0.15, 0.2) is 24.4 Å². The maximum Gasteiger partial charge on any atom is 0.152 e. The molecule has 0 N–H and O–H groups in total. The minimum Gasteiger partial charge on any atom is -0.355 e. The molecule has 0 aromatic carbocycles. The van der Waals surface area contributed by atoms with E-state index < -0.39 is 0 Å². The average molecular weight is 351 g/mol. The van der Waals surface area contributed by atoms with E-state index in [-0.39, 0.29) is 0 Å². The van der Waals surface area contributed by atoms with Crippen LogP contribution >= 0.6 is 15.9 Å². The van der Waals surface area contributed by atoms with Crippen molar-refractivity contribution in [3.63, 3.8) is 0 Å². The van der Waals surface area contributed by atoms with Crippen LogP contribution in [0.25, 0.3) is 5.65 Å². The van der Waals surface area contributed by atoms with Crippen LogP contribution in [0.4, 0.5) is 5.82 Å². The highest BCUT2D eigenvalue weighted by Gasteiger charge is 2.24. The molecule has 1 saturated heterocycles. The molecule has 0 saturated carbocycles. The summed E-state index contributed by atoms with van der Waals surface area (Å²) in [4.78, 5) is 9.60. The quantitative estimate of drug-likeness (QED) is 0.792. The summed E-state index contributed by atoms with van der Waals surface area (Å²) in [5, 5.41) is 0.838. The van der Waals surface area contributed by atoms with Crippen LogP contribution in [-0.4, -0.2) is 48.0 Å². The number of imidazole rings is 1. The summed E-state index contributed by atoms with van der Waals surface area (Å²) < 4.78 is 2.19. The number of anilines is 1. The van der Waals surface area contributed by atoms with Gasteiger partial charge in [0.1, 0.15) is 5.65 Å². The Balaban J connectivity index is 1.79. The van der Waals surface area contributed by atoms with Crippen molar-refractivity contribution < 1.29 is 0 Å². The highest BCUT2D eigenvalue weighted by molar-refractivity contribution is 9.08. The second kappa shape index (κ2) is 6.36. The van der Waals surface area contributed by atoms with Gasteiger partial charge in [0.05, 0.1) is 5.69 Å². The maximum absolute atomic E-state index is 4.84. The minimum absolute atomic E-state index is 0.820. The van der Waals surface area contributed by atoms with E-state index in [9.17, 15) is 0 Å². The fourth-order valence-corrected chi connectivity index (χ4v) is 3.78. The highest BCUT2D eigenvalue weighted by atomic mass is 79.9. The van der Waals surface area contributed by atoms with Gasteiger partial charge < -0.3 is 14.2 Å². The number of nitrogens with zero attached hydrogens (tertiary/aromatic N) is 4. The van der Waals surface area contributed by atoms with Gasteiger partial charge in [-0.25, -0.2) is 4.98 Å². The number of rotatable bonds is 4. The maximum atomic E-state index is 4.84. The van der Waals surface area contributed by atoms with Gasteiger partial charge in [-0.1, -0.05) is 22.0 Å². The molecule has 4 nitrogen and oxygen atoms in total. The predicted octanol–water partition coefficient (Wildman–Crippen LogP) is 3.01. The van der Waals surface area contributed by atoms with E-state index in [1.54, 1.807) is 0 Å². The topological polar surface area (TPSA) is 23.8 Å². The van der Waals surface area contributed by atoms with Gasteiger partial charge in [-0.2, -0.15) is 0 Å². The molecular weight excluding hydrogens is 328 g/mol. The van der Waals surface area contributed by atoms with Crippen molar-refractivity contribution in [3.8, 4) is 0 Å². The fourth-order valence-electron chi connectivity index (χ4n) is 3.26. The first-order valence-corrected chi connectivity index (χ1v) is 8.73. The Morgan fingerprint density at radius 1 is 1.29 bits per heavy atom. The van der Waals surface area contributed by atoms with Crippen LogP contribution in [0, 0.1) is 5.92 Å². The van der Waals surface area contributed by atoms with Crippen LogP contribution in [0.5, 0.6) is 0 Å². The Bertz CT molecular complexity index is 599. The molecule has 0 spiro atoms. The first kappa shape index (κ1) is 14.9. The number of alkyl halides is 1. The van der Waals surface area contributed by atoms with Gasteiger partial charge in [0.2, 0.25) is 0 Å². The van der Waals surface area contributed by atoms with E-state index in [2.05, 4.69) is 62.6 Å². The van der Waals surface area contributed by atoms with E-state index >= 15 is 0 Å². The standard InChI is InChI=1S/C16H23BrN4/c1-19(2)12-13-6-9-20(10-7-13)16-14(11-17)21-8-4-3-5-15(21)18-16/h3-5,8,13H,6-7,9-12H2,1-2H3. The molecule has 114 valence electrons. The number of piperidine rings is 1. The van der Waals surface area contributed by atoms with Gasteiger partial charge in [0.25, 0.3) is 0 Å². The summed E-state index contributed by atoms with van der Waals surface area (Å²) in [6.45, 7) is 3.43. The Morgan fingerprint density at radius 2 is 2.05 bits per heavy atom. The second-order valence-corrected chi connectivity index (χ2v) is 6.70. The lowest BCUT2D eigenvalue weighted by Crippen LogP contribution is -2.37. The number of hydrogen-bond acceptors (Lipinski definition) is 3. The zero-order chi connectivity index (χ0) is 14.8. The first-order valence-electron chi connectivity index (χ1n) is 7.60. The lowest BCUT2D eigenvalue weighted by Gasteiger charge is -2.33. The van der Waals surface area contributed by atoms with Gasteiger partial charge in [0, 0.05) is 31.2 Å². The number of hydrogen-bond donors (Lipinski definition) is 0. The summed E-state index contributed by atoms with van der Waals surface area (Å²) in [6.07, 6.45) is 4.61. The van der Waals surface area contributed by atoms with Crippen LogP contribution in [0.1, 0.15) is 18.5 Å². The van der Waals surface area contributed by atoms with Crippen molar-refractivity contribution in [2.24, 2.45) is 5.92 Å². The van der Waals surface area contributed by atoms with E-state index in [1.807, 2.05) is 6.07 Å². The molecule has 1 fully saturated rings. The van der Waals surface area contributed by atoms with Crippen LogP contribution < -0.4 is 4.90 Å². The van der Waals surface area contributed by atoms with Gasteiger partial charge in [0.15, 0.2) is 5.82 Å². The molecule has 3 heterocycles. The van der Waals surface area contributed by atoms with E-state index in [0.717, 1.165) is 35.8 Å². The van der Waals surface area contributed by atoms with Crippen molar-refractivity contribution in [1.29, 1.82) is 0 Å². The molecule has 0 amide bonds. The van der Waals surface area contributed by atoms with Crippen molar-refractivity contribution in [2.75, 3.05) is 38.6 Å². The molecule has 0 radical (unpaired) electrons. The molecule has 5 heteroatoms. The first-order chi connectivity index (χ1) is 10.2. The molecule has 3 rings (SSSR count). The second-order valence-electron chi connectivity index (χ2n) is 6.14. The van der Waals surface area contributed by atoms with Gasteiger partial charge in [-0.3, -0.25) is 0 Å². The van der Waals surface area contributed by atoms with Crippen molar-refractivity contribution in [3.05, 3.63) is 30.1 Å². The third-order valence-electron chi connectivity index (χ3n) is 4.27. The molecule has 0 unspecified atom stereocenters. The zero-order valence-electron chi connectivity index (χ0n) is 12.8. The molecule has 1 aliphatic rings. The van der Waals surface area contributed by atoms with E-state index in [1.165, 1.54) is 25.1 Å². The largest absolute Gasteiger partial charge is 0.355 e. The third-order valence-corrected chi connectivity index (χ3v) is 4.80. The highest BCUT2D eigenvalue weighted by Crippen LogP contribution is 2.28. The summed E-state index contributed by atoms with van der Waals surface area (Å²) in [5.74, 6) is 1.97. The zero-order valence-corrected chi connectivity index (χ0v) is 14.4. The predicted molar refractivity (Wildman–Crippen MR) is 91.3 cm³/mol. The van der Waals surface area contributed by atoms with Crippen molar-refractivity contribution >= 4 is 27.4 Å². The molecule has 21 heavy (non-hydrogen) atoms. The van der Waals surface area contributed by atoms with Gasteiger partial charge in [-0.15, -0.1) is 0 Å². The minimum atomic E-state index is 0.820. The number of pyridine rings is 1. The van der Waals surface area contributed by atoms with E-state index in [0.29, 0.717) is 0 Å². The molecule has 2 aromatic heterocycles. The molecule has 0 bridgehead atoms. The van der Waals surface area contributed by atoms with Crippen LogP contribution in [0.3, 0.4) is 0 Å². The Kier molecular flexibility index (Phi) is 4.50. The molecular formula is C16H23BrN4. The molecule has 0 atom stereocenters. The Hall–Kier alpha value is -1.07. The summed E-state index contributed by atoms with van der Waals surface area (Å²) in [5.41, 5.74) is 2.30. The SMILES string of the molecule is CN(C)CC1CCN(c2nc3ccccn3c2CBr)CC1. The van der Waals surface area contributed by atoms with E-state index in [4.69, 9.17) is 4.98 Å². The Morgan fingerprint density at radius 3 is 2.71 bits per heavy atom. The number of fused-ring (bicyclic) bond motifs is 1. The van der Waals surface area contributed by atoms with Gasteiger partial charge in [-0.05, 0) is 45.0 Å². The van der Waals surface area contributed by atoms with Gasteiger partial charge >= 0.3 is 0 Å². The monoisotopic (exact) mass is 350 g/mol. The van der Waals surface area contributed by atoms with Crippen molar-refractivity contribution in [2.45, 2.75) is 18.2 Å². The average Bonchev–Trinajstić information content (AvgIpc) is 2.86. The lowest BCUT2D eigenvalue weighted by atomic mass is 9.96. The third kappa shape index (κ3) is 3.09. The fraction of sp³-hybridized carbons (Fsp3) is 0.562. The molecule has 1 aliphatic heterocycles. The number of halogens is 1. The Labute approximate surface area is 134 Å². The lowest BCUT2D eigenvalue weighted by molar-refractivity contribution is 0.284. The molecule has 0 aliphatic carbocycles.